The van der Waals surface area contributed by atoms with E-state index in [4.69, 9.17) is 24.7 Å². The molecule has 0 heterocycles. The number of benzene rings is 1. The van der Waals surface area contributed by atoms with Crippen LogP contribution in [0.4, 0.5) is 0 Å². The van der Waals surface area contributed by atoms with E-state index in [0.29, 0.717) is 5.56 Å². The number of rotatable bonds is 8. The Morgan fingerprint density at radius 1 is 0.933 bits per heavy atom. The minimum atomic E-state index is -1.50. The standard InChI is InChI=1S/C21H29NO8/c1-13(23)29-16-8-7-15(11-17(16)30-14(2)24)12-21(22,19(26)27-6)9-10-28-18(25)20(3,4)5/h7-8,11H,9-10,12,22H2,1-6H3/t21-/m1/s1. The summed E-state index contributed by atoms with van der Waals surface area (Å²) >= 11 is 0. The lowest BCUT2D eigenvalue weighted by atomic mass is 9.88. The van der Waals surface area contributed by atoms with Gasteiger partial charge < -0.3 is 24.7 Å². The van der Waals surface area contributed by atoms with Crippen molar-refractivity contribution in [1.29, 1.82) is 0 Å². The zero-order valence-corrected chi connectivity index (χ0v) is 18.2. The molecule has 166 valence electrons. The molecular formula is C21H29NO8. The summed E-state index contributed by atoms with van der Waals surface area (Å²) < 4.78 is 20.2. The van der Waals surface area contributed by atoms with Crippen molar-refractivity contribution in [2.75, 3.05) is 13.7 Å². The first-order valence-electron chi connectivity index (χ1n) is 9.33. The zero-order chi connectivity index (χ0) is 23.1. The summed E-state index contributed by atoms with van der Waals surface area (Å²) in [6.45, 7) is 7.48. The fourth-order valence-electron chi connectivity index (χ4n) is 2.51. The molecule has 0 fully saturated rings. The lowest BCUT2D eigenvalue weighted by molar-refractivity contribution is -0.156. The molecule has 0 aliphatic carbocycles. The highest BCUT2D eigenvalue weighted by Crippen LogP contribution is 2.31. The van der Waals surface area contributed by atoms with Crippen LogP contribution in [0.2, 0.25) is 0 Å². The van der Waals surface area contributed by atoms with Crippen molar-refractivity contribution in [1.82, 2.24) is 0 Å². The van der Waals surface area contributed by atoms with E-state index in [1.54, 1.807) is 26.8 Å². The van der Waals surface area contributed by atoms with E-state index in [9.17, 15) is 19.2 Å². The quantitative estimate of drug-likeness (QED) is 0.492. The van der Waals surface area contributed by atoms with Crippen molar-refractivity contribution in [2.24, 2.45) is 11.1 Å². The highest BCUT2D eigenvalue weighted by atomic mass is 16.6. The van der Waals surface area contributed by atoms with Crippen LogP contribution in [0, 0.1) is 5.41 Å². The molecule has 0 bridgehead atoms. The number of hydrogen-bond acceptors (Lipinski definition) is 9. The fraction of sp³-hybridized carbons (Fsp3) is 0.524. The van der Waals surface area contributed by atoms with Gasteiger partial charge in [0.1, 0.15) is 5.54 Å². The SMILES string of the molecule is COC(=O)[C@@](N)(CCOC(=O)C(C)(C)C)Cc1ccc(OC(C)=O)c(OC(C)=O)c1. The van der Waals surface area contributed by atoms with Crippen molar-refractivity contribution < 1.29 is 38.1 Å². The number of hydrogen-bond donors (Lipinski definition) is 1. The maximum absolute atomic E-state index is 12.3. The van der Waals surface area contributed by atoms with Crippen LogP contribution in [0.5, 0.6) is 11.5 Å². The maximum Gasteiger partial charge on any atom is 0.326 e. The van der Waals surface area contributed by atoms with Gasteiger partial charge in [0.25, 0.3) is 0 Å². The van der Waals surface area contributed by atoms with Gasteiger partial charge in [-0.15, -0.1) is 0 Å². The molecule has 1 aromatic rings. The van der Waals surface area contributed by atoms with Crippen LogP contribution < -0.4 is 15.2 Å². The number of carbonyl (C=O) groups is 4. The molecule has 0 aliphatic rings. The van der Waals surface area contributed by atoms with E-state index in [2.05, 4.69) is 0 Å². The van der Waals surface area contributed by atoms with Gasteiger partial charge in [-0.2, -0.15) is 0 Å². The summed E-state index contributed by atoms with van der Waals surface area (Å²) in [4.78, 5) is 46.9. The molecule has 1 rings (SSSR count). The topological polar surface area (TPSA) is 131 Å². The molecule has 2 N–H and O–H groups in total. The molecule has 1 aromatic carbocycles. The van der Waals surface area contributed by atoms with Crippen LogP contribution in [0.25, 0.3) is 0 Å². The van der Waals surface area contributed by atoms with Gasteiger partial charge in [-0.3, -0.25) is 19.2 Å². The second-order valence-electron chi connectivity index (χ2n) is 7.93. The fourth-order valence-corrected chi connectivity index (χ4v) is 2.51. The lowest BCUT2D eigenvalue weighted by Gasteiger charge is -2.27. The van der Waals surface area contributed by atoms with E-state index >= 15 is 0 Å². The molecule has 9 heteroatoms. The van der Waals surface area contributed by atoms with E-state index < -0.39 is 34.8 Å². The lowest BCUT2D eigenvalue weighted by Crippen LogP contribution is -2.51. The minimum Gasteiger partial charge on any atom is -0.468 e. The van der Waals surface area contributed by atoms with E-state index in [0.717, 1.165) is 0 Å². The Morgan fingerprint density at radius 2 is 1.50 bits per heavy atom. The summed E-state index contributed by atoms with van der Waals surface area (Å²) in [6, 6.07) is 4.47. The van der Waals surface area contributed by atoms with E-state index in [-0.39, 0.29) is 30.9 Å². The van der Waals surface area contributed by atoms with Crippen LogP contribution in [0.3, 0.4) is 0 Å². The van der Waals surface area contributed by atoms with E-state index in [1.807, 2.05) is 0 Å². The molecule has 0 saturated heterocycles. The molecule has 0 saturated carbocycles. The molecule has 30 heavy (non-hydrogen) atoms. The normalized spacial score (nSPS) is 13.0. The summed E-state index contributed by atoms with van der Waals surface area (Å²) in [6.07, 6.45) is 0.0114. The Morgan fingerprint density at radius 3 is 2.00 bits per heavy atom. The van der Waals surface area contributed by atoms with Crippen molar-refractivity contribution in [3.63, 3.8) is 0 Å². The summed E-state index contributed by atoms with van der Waals surface area (Å²) in [5.74, 6) is -2.23. The van der Waals surface area contributed by atoms with Gasteiger partial charge in [0.05, 0.1) is 19.1 Å². The number of ether oxygens (including phenoxy) is 4. The predicted molar refractivity (Wildman–Crippen MR) is 107 cm³/mol. The summed E-state index contributed by atoms with van der Waals surface area (Å²) in [5.41, 5.74) is 4.63. The monoisotopic (exact) mass is 423 g/mol. The van der Waals surface area contributed by atoms with Crippen LogP contribution >= 0.6 is 0 Å². The van der Waals surface area contributed by atoms with Crippen LogP contribution in [-0.4, -0.2) is 43.1 Å². The zero-order valence-electron chi connectivity index (χ0n) is 18.2. The summed E-state index contributed by atoms with van der Waals surface area (Å²) in [5, 5.41) is 0. The van der Waals surface area contributed by atoms with Gasteiger partial charge in [-0.1, -0.05) is 6.07 Å². The molecule has 0 amide bonds. The highest BCUT2D eigenvalue weighted by Gasteiger charge is 2.36. The summed E-state index contributed by atoms with van der Waals surface area (Å²) in [7, 11) is 1.21. The van der Waals surface area contributed by atoms with Crippen molar-refractivity contribution >= 4 is 23.9 Å². The Bertz CT molecular complexity index is 812. The third-order valence-electron chi connectivity index (χ3n) is 4.02. The third kappa shape index (κ3) is 7.47. The Balaban J connectivity index is 3.08. The number of methoxy groups -OCH3 is 1. The van der Waals surface area contributed by atoms with Gasteiger partial charge in [0.2, 0.25) is 0 Å². The molecule has 9 nitrogen and oxygen atoms in total. The second kappa shape index (κ2) is 10.2. The molecule has 1 atom stereocenters. The Kier molecular flexibility index (Phi) is 8.53. The van der Waals surface area contributed by atoms with Crippen molar-refractivity contribution in [3.05, 3.63) is 23.8 Å². The second-order valence-corrected chi connectivity index (χ2v) is 7.93. The predicted octanol–water partition coefficient (Wildman–Crippen LogP) is 1.93. The van der Waals surface area contributed by atoms with Crippen molar-refractivity contribution in [2.45, 2.75) is 53.0 Å². The smallest absolute Gasteiger partial charge is 0.326 e. The first-order valence-corrected chi connectivity index (χ1v) is 9.33. The van der Waals surface area contributed by atoms with Gasteiger partial charge >= 0.3 is 23.9 Å². The van der Waals surface area contributed by atoms with E-state index in [1.165, 1.54) is 33.1 Å². The molecule has 0 aliphatic heterocycles. The van der Waals surface area contributed by atoms with Crippen LogP contribution in [0.15, 0.2) is 18.2 Å². The van der Waals surface area contributed by atoms with Gasteiger partial charge in [0.15, 0.2) is 11.5 Å². The number of nitrogens with two attached hydrogens (primary N) is 1. The highest BCUT2D eigenvalue weighted by molar-refractivity contribution is 5.81. The van der Waals surface area contributed by atoms with Crippen molar-refractivity contribution in [3.8, 4) is 11.5 Å². The average molecular weight is 423 g/mol. The maximum atomic E-state index is 12.3. The third-order valence-corrected chi connectivity index (χ3v) is 4.02. The largest absolute Gasteiger partial charge is 0.468 e. The van der Waals surface area contributed by atoms with Crippen LogP contribution in [-0.2, 0) is 35.1 Å². The molecule has 0 radical (unpaired) electrons. The first-order chi connectivity index (χ1) is 13.8. The van der Waals surface area contributed by atoms with Gasteiger partial charge in [-0.05, 0) is 38.5 Å². The Labute approximate surface area is 175 Å². The average Bonchev–Trinajstić information content (AvgIpc) is 2.61. The minimum absolute atomic E-state index is 0.00135. The molecule has 0 spiro atoms. The van der Waals surface area contributed by atoms with Gasteiger partial charge in [-0.25, -0.2) is 0 Å². The number of carbonyl (C=O) groups excluding carboxylic acids is 4. The van der Waals surface area contributed by atoms with Crippen LogP contribution in [0.1, 0.15) is 46.6 Å². The first kappa shape index (κ1) is 25.1. The Hall–Kier alpha value is -2.94. The molecule has 0 aromatic heterocycles. The molecular weight excluding hydrogens is 394 g/mol. The van der Waals surface area contributed by atoms with Gasteiger partial charge in [0, 0.05) is 26.7 Å². The number of esters is 4. The molecule has 0 unspecified atom stereocenters.